The van der Waals surface area contributed by atoms with Crippen LogP contribution in [0.5, 0.6) is 0 Å². The first-order chi connectivity index (χ1) is 9.69. The van der Waals surface area contributed by atoms with Gasteiger partial charge in [0.05, 0.1) is 5.02 Å². The molecule has 1 nitrogen and oxygen atoms in total. The zero-order valence-corrected chi connectivity index (χ0v) is 12.3. The van der Waals surface area contributed by atoms with E-state index in [1.807, 2.05) is 24.3 Å². The molecule has 0 radical (unpaired) electrons. The molecule has 2 rings (SSSR count). The fourth-order valence-corrected chi connectivity index (χ4v) is 2.47. The van der Waals surface area contributed by atoms with Gasteiger partial charge in [0.25, 0.3) is 0 Å². The van der Waals surface area contributed by atoms with Gasteiger partial charge in [-0.2, -0.15) is 0 Å². The standard InChI is InChI=1S/C17H19ClFN/c1-2-20-15(10-13-6-4-3-5-7-13)11-14-8-9-16(18)17(19)12-14/h3-9,12,15,20H,2,10-11H2,1H3. The van der Waals surface area contributed by atoms with Crippen molar-refractivity contribution < 1.29 is 4.39 Å². The quantitative estimate of drug-likeness (QED) is 0.839. The summed E-state index contributed by atoms with van der Waals surface area (Å²) in [6, 6.07) is 15.7. The van der Waals surface area contributed by atoms with E-state index < -0.39 is 0 Å². The Bertz CT molecular complexity index is 542. The SMILES string of the molecule is CCNC(Cc1ccccc1)Cc1ccc(Cl)c(F)c1. The molecule has 106 valence electrons. The Morgan fingerprint density at radius 2 is 1.75 bits per heavy atom. The molecule has 2 aromatic carbocycles. The summed E-state index contributed by atoms with van der Waals surface area (Å²) >= 11 is 5.72. The number of benzene rings is 2. The summed E-state index contributed by atoms with van der Waals surface area (Å²) in [5.74, 6) is -0.348. The van der Waals surface area contributed by atoms with Crippen molar-refractivity contribution in [1.82, 2.24) is 5.32 Å². The summed E-state index contributed by atoms with van der Waals surface area (Å²) in [5.41, 5.74) is 2.25. The van der Waals surface area contributed by atoms with Crippen LogP contribution < -0.4 is 5.32 Å². The van der Waals surface area contributed by atoms with Crippen molar-refractivity contribution in [2.24, 2.45) is 0 Å². The average molecular weight is 292 g/mol. The molecule has 3 heteroatoms. The molecule has 1 unspecified atom stereocenters. The second-order valence-electron chi connectivity index (χ2n) is 4.90. The maximum absolute atomic E-state index is 13.5. The second kappa shape index (κ2) is 7.41. The van der Waals surface area contributed by atoms with E-state index in [-0.39, 0.29) is 10.8 Å². The lowest BCUT2D eigenvalue weighted by molar-refractivity contribution is 0.519. The maximum atomic E-state index is 13.5. The summed E-state index contributed by atoms with van der Waals surface area (Å²) < 4.78 is 13.5. The first-order valence-electron chi connectivity index (χ1n) is 6.90. The van der Waals surface area contributed by atoms with Crippen molar-refractivity contribution in [3.05, 3.63) is 70.5 Å². The zero-order valence-electron chi connectivity index (χ0n) is 11.6. The van der Waals surface area contributed by atoms with Crippen molar-refractivity contribution in [1.29, 1.82) is 0 Å². The monoisotopic (exact) mass is 291 g/mol. The minimum absolute atomic E-state index is 0.178. The van der Waals surface area contributed by atoms with Gasteiger partial charge in [-0.3, -0.25) is 0 Å². The number of nitrogens with one attached hydrogen (secondary N) is 1. The molecule has 2 aromatic rings. The summed E-state index contributed by atoms with van der Waals surface area (Å²) in [6.07, 6.45) is 1.72. The number of rotatable bonds is 6. The molecule has 1 atom stereocenters. The summed E-state index contributed by atoms with van der Waals surface area (Å²) in [6.45, 7) is 2.98. The molecule has 20 heavy (non-hydrogen) atoms. The molecular formula is C17H19ClFN. The van der Waals surface area contributed by atoms with E-state index in [9.17, 15) is 4.39 Å². The van der Waals surface area contributed by atoms with Crippen LogP contribution in [0.1, 0.15) is 18.1 Å². The molecule has 0 saturated carbocycles. The molecule has 0 aliphatic rings. The van der Waals surface area contributed by atoms with Crippen molar-refractivity contribution >= 4 is 11.6 Å². The van der Waals surface area contributed by atoms with E-state index >= 15 is 0 Å². The third-order valence-electron chi connectivity index (χ3n) is 3.28. The van der Waals surface area contributed by atoms with Crippen LogP contribution in [0.2, 0.25) is 5.02 Å². The van der Waals surface area contributed by atoms with Gasteiger partial charge in [-0.15, -0.1) is 0 Å². The second-order valence-corrected chi connectivity index (χ2v) is 5.30. The molecule has 0 saturated heterocycles. The van der Waals surface area contributed by atoms with Crippen LogP contribution in [-0.4, -0.2) is 12.6 Å². The molecule has 0 aliphatic carbocycles. The van der Waals surface area contributed by atoms with E-state index in [1.165, 1.54) is 11.6 Å². The largest absolute Gasteiger partial charge is 0.314 e. The van der Waals surface area contributed by atoms with Gasteiger partial charge in [0.15, 0.2) is 0 Å². The topological polar surface area (TPSA) is 12.0 Å². The normalized spacial score (nSPS) is 12.3. The predicted octanol–water partition coefficient (Wildman–Crippen LogP) is 4.24. The summed E-state index contributed by atoms with van der Waals surface area (Å²) in [5, 5.41) is 3.64. The zero-order chi connectivity index (χ0) is 14.4. The lowest BCUT2D eigenvalue weighted by atomic mass is 9.99. The molecule has 0 heterocycles. The van der Waals surface area contributed by atoms with Crippen LogP contribution in [0.25, 0.3) is 0 Å². The van der Waals surface area contributed by atoms with Crippen molar-refractivity contribution in [3.8, 4) is 0 Å². The van der Waals surface area contributed by atoms with Crippen LogP contribution in [-0.2, 0) is 12.8 Å². The first kappa shape index (κ1) is 15.0. The highest BCUT2D eigenvalue weighted by atomic mass is 35.5. The highest BCUT2D eigenvalue weighted by Gasteiger charge is 2.11. The lowest BCUT2D eigenvalue weighted by Gasteiger charge is -2.18. The Labute approximate surface area is 124 Å². The Morgan fingerprint density at radius 3 is 2.40 bits per heavy atom. The van der Waals surface area contributed by atoms with Crippen LogP contribution in [0, 0.1) is 5.82 Å². The number of hydrogen-bond donors (Lipinski definition) is 1. The highest BCUT2D eigenvalue weighted by Crippen LogP contribution is 2.17. The number of hydrogen-bond acceptors (Lipinski definition) is 1. The van der Waals surface area contributed by atoms with E-state index in [1.54, 1.807) is 6.07 Å². The Balaban J connectivity index is 2.06. The van der Waals surface area contributed by atoms with Gasteiger partial charge in [-0.25, -0.2) is 4.39 Å². The van der Waals surface area contributed by atoms with Gasteiger partial charge < -0.3 is 5.32 Å². The Morgan fingerprint density at radius 1 is 1.05 bits per heavy atom. The minimum atomic E-state index is -0.348. The smallest absolute Gasteiger partial charge is 0.142 e. The summed E-state index contributed by atoms with van der Waals surface area (Å²) in [7, 11) is 0. The third kappa shape index (κ3) is 4.32. The van der Waals surface area contributed by atoms with Gasteiger partial charge >= 0.3 is 0 Å². The van der Waals surface area contributed by atoms with Gasteiger partial charge in [0, 0.05) is 6.04 Å². The van der Waals surface area contributed by atoms with Crippen molar-refractivity contribution in [2.75, 3.05) is 6.54 Å². The highest BCUT2D eigenvalue weighted by molar-refractivity contribution is 6.30. The van der Waals surface area contributed by atoms with E-state index in [0.717, 1.165) is 24.9 Å². The van der Waals surface area contributed by atoms with E-state index in [4.69, 9.17) is 11.6 Å². The van der Waals surface area contributed by atoms with Crippen molar-refractivity contribution in [3.63, 3.8) is 0 Å². The molecule has 0 bridgehead atoms. The molecule has 0 aliphatic heterocycles. The van der Waals surface area contributed by atoms with Crippen LogP contribution in [0.15, 0.2) is 48.5 Å². The van der Waals surface area contributed by atoms with Gasteiger partial charge in [-0.1, -0.05) is 54.9 Å². The Hall–Kier alpha value is -1.38. The number of likely N-dealkylation sites (N-methyl/N-ethyl adjacent to an activating group) is 1. The fourth-order valence-electron chi connectivity index (χ4n) is 2.35. The molecule has 0 aromatic heterocycles. The van der Waals surface area contributed by atoms with Crippen LogP contribution in [0.3, 0.4) is 0 Å². The van der Waals surface area contributed by atoms with Gasteiger partial charge in [0.2, 0.25) is 0 Å². The fraction of sp³-hybridized carbons (Fsp3) is 0.294. The Kier molecular flexibility index (Phi) is 5.57. The summed E-state index contributed by atoms with van der Waals surface area (Å²) in [4.78, 5) is 0. The van der Waals surface area contributed by atoms with Gasteiger partial charge in [-0.05, 0) is 42.6 Å². The maximum Gasteiger partial charge on any atom is 0.142 e. The first-order valence-corrected chi connectivity index (χ1v) is 7.28. The van der Waals surface area contributed by atoms with E-state index in [2.05, 4.69) is 24.4 Å². The molecule has 0 spiro atoms. The third-order valence-corrected chi connectivity index (χ3v) is 3.59. The lowest BCUT2D eigenvalue weighted by Crippen LogP contribution is -2.33. The number of halogens is 2. The predicted molar refractivity (Wildman–Crippen MR) is 82.7 cm³/mol. The molecular weight excluding hydrogens is 273 g/mol. The molecule has 0 fully saturated rings. The van der Waals surface area contributed by atoms with Crippen LogP contribution >= 0.6 is 11.6 Å². The molecule has 1 N–H and O–H groups in total. The molecule has 0 amide bonds. The van der Waals surface area contributed by atoms with Crippen LogP contribution in [0.4, 0.5) is 4.39 Å². The van der Waals surface area contributed by atoms with Crippen molar-refractivity contribution in [2.45, 2.75) is 25.8 Å². The van der Waals surface area contributed by atoms with Gasteiger partial charge in [0.1, 0.15) is 5.82 Å². The van der Waals surface area contributed by atoms with E-state index in [0.29, 0.717) is 6.04 Å². The minimum Gasteiger partial charge on any atom is -0.314 e. The average Bonchev–Trinajstić information content (AvgIpc) is 2.44.